The number of amides is 1. The second-order valence-electron chi connectivity index (χ2n) is 4.86. The molecule has 0 aromatic heterocycles. The van der Waals surface area contributed by atoms with Gasteiger partial charge in [-0.3, -0.25) is 14.6 Å². The Morgan fingerprint density at radius 1 is 1.22 bits per heavy atom. The highest BCUT2D eigenvalue weighted by Crippen LogP contribution is 2.13. The van der Waals surface area contributed by atoms with E-state index in [0.717, 1.165) is 39.0 Å². The van der Waals surface area contributed by atoms with E-state index < -0.39 is 0 Å². The minimum atomic E-state index is -0.261. The summed E-state index contributed by atoms with van der Waals surface area (Å²) in [6.07, 6.45) is 2.07. The standard InChI is InChI=1S/C12H24N4OS/c1-3-4-10(12(14)18)16-7-5-15(6-8-16)9(2)11(13)17/h9-10H,3-8H2,1-2H3,(H2,13,17)(H2,14,18). The molecule has 0 spiro atoms. The lowest BCUT2D eigenvalue weighted by Gasteiger charge is -2.40. The maximum absolute atomic E-state index is 11.2. The van der Waals surface area contributed by atoms with E-state index in [-0.39, 0.29) is 18.0 Å². The summed E-state index contributed by atoms with van der Waals surface area (Å²) in [5.41, 5.74) is 11.1. The van der Waals surface area contributed by atoms with Crippen LogP contribution >= 0.6 is 12.2 Å². The molecule has 2 unspecified atom stereocenters. The molecule has 4 N–H and O–H groups in total. The van der Waals surface area contributed by atoms with Gasteiger partial charge in [0.1, 0.15) is 0 Å². The molecular weight excluding hydrogens is 248 g/mol. The zero-order valence-electron chi connectivity index (χ0n) is 11.3. The Labute approximate surface area is 114 Å². The van der Waals surface area contributed by atoms with Crippen molar-refractivity contribution in [3.63, 3.8) is 0 Å². The zero-order valence-corrected chi connectivity index (χ0v) is 12.1. The Morgan fingerprint density at radius 3 is 2.11 bits per heavy atom. The number of piperazine rings is 1. The van der Waals surface area contributed by atoms with Gasteiger partial charge in [0.2, 0.25) is 5.91 Å². The average molecular weight is 272 g/mol. The highest BCUT2D eigenvalue weighted by atomic mass is 32.1. The molecule has 1 amide bonds. The summed E-state index contributed by atoms with van der Waals surface area (Å²) < 4.78 is 0. The van der Waals surface area contributed by atoms with E-state index in [1.54, 1.807) is 0 Å². The van der Waals surface area contributed by atoms with Crippen LogP contribution in [0.1, 0.15) is 26.7 Å². The maximum atomic E-state index is 11.2. The average Bonchev–Trinajstić information content (AvgIpc) is 2.35. The quantitative estimate of drug-likeness (QED) is 0.662. The van der Waals surface area contributed by atoms with E-state index in [1.807, 2.05) is 6.92 Å². The van der Waals surface area contributed by atoms with Crippen LogP contribution in [0.5, 0.6) is 0 Å². The number of hydrogen-bond acceptors (Lipinski definition) is 4. The molecule has 2 atom stereocenters. The molecule has 6 heteroatoms. The fraction of sp³-hybridized carbons (Fsp3) is 0.833. The first-order chi connectivity index (χ1) is 8.47. The van der Waals surface area contributed by atoms with Crippen molar-refractivity contribution >= 4 is 23.1 Å². The van der Waals surface area contributed by atoms with E-state index in [4.69, 9.17) is 23.7 Å². The van der Waals surface area contributed by atoms with Crippen LogP contribution in [0.2, 0.25) is 0 Å². The van der Waals surface area contributed by atoms with Gasteiger partial charge in [0.25, 0.3) is 0 Å². The normalized spacial score (nSPS) is 21.4. The van der Waals surface area contributed by atoms with Gasteiger partial charge < -0.3 is 11.5 Å². The fourth-order valence-electron chi connectivity index (χ4n) is 2.39. The molecule has 1 saturated heterocycles. The van der Waals surface area contributed by atoms with Crippen LogP contribution in [0.3, 0.4) is 0 Å². The van der Waals surface area contributed by atoms with Crippen LogP contribution in [-0.4, -0.2) is 59.0 Å². The summed E-state index contributed by atoms with van der Waals surface area (Å²) in [5.74, 6) is -0.261. The van der Waals surface area contributed by atoms with Crippen molar-refractivity contribution in [2.24, 2.45) is 11.5 Å². The van der Waals surface area contributed by atoms with Crippen molar-refractivity contribution in [2.75, 3.05) is 26.2 Å². The van der Waals surface area contributed by atoms with Crippen LogP contribution in [-0.2, 0) is 4.79 Å². The third-order valence-electron chi connectivity index (χ3n) is 3.64. The van der Waals surface area contributed by atoms with Gasteiger partial charge >= 0.3 is 0 Å². The highest BCUT2D eigenvalue weighted by Gasteiger charge is 2.28. The molecule has 5 nitrogen and oxygen atoms in total. The van der Waals surface area contributed by atoms with Crippen molar-refractivity contribution in [2.45, 2.75) is 38.8 Å². The SMILES string of the molecule is CCCC(C(N)=S)N1CCN(C(C)C(N)=O)CC1. The monoisotopic (exact) mass is 272 g/mol. The van der Waals surface area contributed by atoms with Crippen LogP contribution in [0, 0.1) is 0 Å². The Balaban J connectivity index is 2.51. The van der Waals surface area contributed by atoms with Gasteiger partial charge in [-0.2, -0.15) is 0 Å². The molecule has 1 heterocycles. The first-order valence-electron chi connectivity index (χ1n) is 6.54. The molecule has 0 aliphatic carbocycles. The Hall–Kier alpha value is -0.720. The van der Waals surface area contributed by atoms with Crippen LogP contribution < -0.4 is 11.5 Å². The molecule has 0 aromatic rings. The van der Waals surface area contributed by atoms with Crippen LogP contribution in [0.15, 0.2) is 0 Å². The van der Waals surface area contributed by atoms with Crippen molar-refractivity contribution in [1.29, 1.82) is 0 Å². The van der Waals surface area contributed by atoms with Gasteiger partial charge in [-0.25, -0.2) is 0 Å². The van der Waals surface area contributed by atoms with E-state index in [0.29, 0.717) is 4.99 Å². The number of thiocarbonyl (C=S) groups is 1. The van der Waals surface area contributed by atoms with Gasteiger partial charge in [0.05, 0.1) is 17.1 Å². The number of nitrogens with zero attached hydrogens (tertiary/aromatic N) is 2. The first-order valence-corrected chi connectivity index (χ1v) is 6.95. The van der Waals surface area contributed by atoms with Gasteiger partial charge in [0.15, 0.2) is 0 Å². The zero-order chi connectivity index (χ0) is 13.7. The van der Waals surface area contributed by atoms with E-state index >= 15 is 0 Å². The van der Waals surface area contributed by atoms with Crippen molar-refractivity contribution in [1.82, 2.24) is 9.80 Å². The van der Waals surface area contributed by atoms with E-state index in [9.17, 15) is 4.79 Å². The third-order valence-corrected chi connectivity index (χ3v) is 3.91. The molecule has 104 valence electrons. The Morgan fingerprint density at radius 2 is 1.72 bits per heavy atom. The number of primary amides is 1. The minimum absolute atomic E-state index is 0.191. The second kappa shape index (κ2) is 7.01. The summed E-state index contributed by atoms with van der Waals surface area (Å²) in [5, 5.41) is 0. The van der Waals surface area contributed by atoms with Crippen molar-refractivity contribution in [3.8, 4) is 0 Å². The summed E-state index contributed by atoms with van der Waals surface area (Å²) in [6.45, 7) is 7.45. The fourth-order valence-corrected chi connectivity index (χ4v) is 2.66. The van der Waals surface area contributed by atoms with Crippen molar-refractivity contribution < 1.29 is 4.79 Å². The molecule has 1 fully saturated rings. The van der Waals surface area contributed by atoms with Gasteiger partial charge in [0, 0.05) is 26.2 Å². The number of rotatable bonds is 6. The molecule has 1 aliphatic rings. The maximum Gasteiger partial charge on any atom is 0.234 e. The molecule has 1 aliphatic heterocycles. The Kier molecular flexibility index (Phi) is 5.98. The largest absolute Gasteiger partial charge is 0.392 e. The molecular formula is C12H24N4OS. The lowest BCUT2D eigenvalue weighted by atomic mass is 10.1. The molecule has 1 rings (SSSR count). The van der Waals surface area contributed by atoms with Gasteiger partial charge in [-0.15, -0.1) is 0 Å². The summed E-state index contributed by atoms with van der Waals surface area (Å²) in [6, 6.07) is -0.00219. The lowest BCUT2D eigenvalue weighted by Crippen LogP contribution is -2.57. The van der Waals surface area contributed by atoms with Crippen molar-refractivity contribution in [3.05, 3.63) is 0 Å². The first kappa shape index (κ1) is 15.3. The second-order valence-corrected chi connectivity index (χ2v) is 5.33. The van der Waals surface area contributed by atoms with Crippen LogP contribution in [0.4, 0.5) is 0 Å². The number of hydrogen-bond donors (Lipinski definition) is 2. The number of carbonyl (C=O) groups is 1. The molecule has 0 radical (unpaired) electrons. The smallest absolute Gasteiger partial charge is 0.234 e. The summed E-state index contributed by atoms with van der Waals surface area (Å²) in [4.78, 5) is 16.2. The summed E-state index contributed by atoms with van der Waals surface area (Å²) >= 11 is 5.13. The summed E-state index contributed by atoms with van der Waals surface area (Å²) in [7, 11) is 0. The number of carbonyl (C=O) groups excluding carboxylic acids is 1. The molecule has 18 heavy (non-hydrogen) atoms. The van der Waals surface area contributed by atoms with E-state index in [1.165, 1.54) is 0 Å². The third kappa shape index (κ3) is 3.90. The minimum Gasteiger partial charge on any atom is -0.392 e. The molecule has 0 bridgehead atoms. The van der Waals surface area contributed by atoms with Gasteiger partial charge in [-0.05, 0) is 13.3 Å². The van der Waals surface area contributed by atoms with E-state index in [2.05, 4.69) is 16.7 Å². The molecule has 0 saturated carbocycles. The molecule has 0 aromatic carbocycles. The lowest BCUT2D eigenvalue weighted by molar-refractivity contribution is -0.123. The number of nitrogens with two attached hydrogens (primary N) is 2. The predicted octanol–water partition coefficient (Wildman–Crippen LogP) is -0.0674. The Bertz CT molecular complexity index is 302. The highest BCUT2D eigenvalue weighted by molar-refractivity contribution is 7.80. The topological polar surface area (TPSA) is 75.6 Å². The van der Waals surface area contributed by atoms with Crippen LogP contribution in [0.25, 0.3) is 0 Å². The van der Waals surface area contributed by atoms with Gasteiger partial charge in [-0.1, -0.05) is 25.6 Å². The predicted molar refractivity (Wildman–Crippen MR) is 77.3 cm³/mol.